The van der Waals surface area contributed by atoms with Crippen LogP contribution >= 0.6 is 24.8 Å². The van der Waals surface area contributed by atoms with Gasteiger partial charge in [0.15, 0.2) is 11.3 Å². The lowest BCUT2D eigenvalue weighted by atomic mass is 9.91. The minimum atomic E-state index is 0. The van der Waals surface area contributed by atoms with Gasteiger partial charge >= 0.3 is 0 Å². The summed E-state index contributed by atoms with van der Waals surface area (Å²) in [6.07, 6.45) is 7.25. The monoisotopic (exact) mass is 355 g/mol. The maximum atomic E-state index is 4.58. The Balaban J connectivity index is 0.000000960. The van der Waals surface area contributed by atoms with Crippen molar-refractivity contribution in [3.63, 3.8) is 0 Å². The number of hydrogen-bond donors (Lipinski definition) is 1. The van der Waals surface area contributed by atoms with Gasteiger partial charge in [-0.25, -0.2) is 9.97 Å². The maximum absolute atomic E-state index is 4.58. The van der Waals surface area contributed by atoms with E-state index in [0.29, 0.717) is 11.8 Å². The van der Waals surface area contributed by atoms with Crippen LogP contribution in [0.4, 0.5) is 0 Å². The Bertz CT molecular complexity index is 794. The average Bonchev–Trinajstić information content (AvgIpc) is 3.22. The molecule has 23 heavy (non-hydrogen) atoms. The first-order chi connectivity index (χ1) is 10.3. The highest BCUT2D eigenvalue weighted by Gasteiger charge is 2.29. The van der Waals surface area contributed by atoms with Gasteiger partial charge in [0, 0.05) is 37.1 Å². The van der Waals surface area contributed by atoms with Crippen LogP contribution in [0.3, 0.4) is 0 Å². The maximum Gasteiger partial charge on any atom is 0.157 e. The summed E-state index contributed by atoms with van der Waals surface area (Å²) >= 11 is 0. The fraction of sp³-hybridized carbons (Fsp3) is 0.500. The van der Waals surface area contributed by atoms with E-state index in [-0.39, 0.29) is 24.8 Å². The van der Waals surface area contributed by atoms with Crippen LogP contribution in [0, 0.1) is 5.92 Å². The summed E-state index contributed by atoms with van der Waals surface area (Å²) < 4.78 is 4.48. The van der Waals surface area contributed by atoms with Crippen LogP contribution < -0.4 is 5.32 Å². The minimum absolute atomic E-state index is 0. The topological polar surface area (TPSA) is 47.2 Å². The Morgan fingerprint density at radius 1 is 1.17 bits per heavy atom. The SMILES string of the molecule is CC[C@@H]1CNC[C@@H]1c1cnc2cnc3c(ccn3CC)n12.Cl.Cl. The van der Waals surface area contributed by atoms with E-state index in [9.17, 15) is 0 Å². The van der Waals surface area contributed by atoms with E-state index in [1.807, 2.05) is 12.4 Å². The molecular weight excluding hydrogens is 333 g/mol. The lowest BCUT2D eigenvalue weighted by Gasteiger charge is -2.16. The molecule has 7 heteroatoms. The van der Waals surface area contributed by atoms with Gasteiger partial charge in [-0.05, 0) is 25.5 Å². The Morgan fingerprint density at radius 2 is 2.00 bits per heavy atom. The van der Waals surface area contributed by atoms with Crippen molar-refractivity contribution in [2.24, 2.45) is 5.92 Å². The first kappa shape index (κ1) is 18.0. The standard InChI is InChI=1S/C16H21N5.2ClH/c1-3-11-7-17-8-12(11)14-9-18-15-10-19-16-13(21(14)15)5-6-20(16)4-2;;/h5-6,9-12,17H,3-4,7-8H2,1-2H3;2*1H/t11-,12+;;/m1../s1. The Morgan fingerprint density at radius 3 is 2.74 bits per heavy atom. The van der Waals surface area contributed by atoms with E-state index in [1.165, 1.54) is 17.6 Å². The van der Waals surface area contributed by atoms with E-state index in [4.69, 9.17) is 0 Å². The molecule has 3 aromatic heterocycles. The average molecular weight is 356 g/mol. The largest absolute Gasteiger partial charge is 0.331 e. The molecule has 126 valence electrons. The van der Waals surface area contributed by atoms with Gasteiger partial charge in [0.25, 0.3) is 0 Å². The van der Waals surface area contributed by atoms with Gasteiger partial charge in [-0.2, -0.15) is 0 Å². The first-order valence-electron chi connectivity index (χ1n) is 7.85. The van der Waals surface area contributed by atoms with Gasteiger partial charge in [0.1, 0.15) is 0 Å². The molecule has 1 fully saturated rings. The summed E-state index contributed by atoms with van der Waals surface area (Å²) in [5.41, 5.74) is 4.49. The smallest absolute Gasteiger partial charge is 0.157 e. The second-order valence-corrected chi connectivity index (χ2v) is 5.88. The van der Waals surface area contributed by atoms with Gasteiger partial charge in [-0.1, -0.05) is 13.3 Å². The molecule has 0 aromatic carbocycles. The molecule has 1 N–H and O–H groups in total. The number of aromatic nitrogens is 4. The number of nitrogens with one attached hydrogen (secondary N) is 1. The number of imidazole rings is 1. The van der Waals surface area contributed by atoms with Gasteiger partial charge in [0.05, 0.1) is 11.7 Å². The Kier molecular flexibility index (Phi) is 5.55. The zero-order valence-electron chi connectivity index (χ0n) is 13.4. The van der Waals surface area contributed by atoms with Crippen molar-refractivity contribution >= 4 is 41.6 Å². The molecule has 1 saturated heterocycles. The summed E-state index contributed by atoms with van der Waals surface area (Å²) in [6.45, 7) is 7.52. The molecule has 0 bridgehead atoms. The van der Waals surface area contributed by atoms with Gasteiger partial charge in [0.2, 0.25) is 0 Å². The number of aryl methyl sites for hydroxylation is 1. The van der Waals surface area contributed by atoms with Crippen molar-refractivity contribution in [1.29, 1.82) is 0 Å². The first-order valence-corrected chi connectivity index (χ1v) is 7.85. The highest BCUT2D eigenvalue weighted by molar-refractivity contribution is 5.85. The lowest BCUT2D eigenvalue weighted by Crippen LogP contribution is -2.12. The third-order valence-electron chi connectivity index (χ3n) is 4.86. The molecule has 1 aliphatic rings. The predicted molar refractivity (Wildman–Crippen MR) is 98.0 cm³/mol. The fourth-order valence-corrected chi connectivity index (χ4v) is 3.64. The van der Waals surface area contributed by atoms with E-state index in [0.717, 1.165) is 30.9 Å². The summed E-state index contributed by atoms with van der Waals surface area (Å²) in [4.78, 5) is 9.16. The summed E-state index contributed by atoms with van der Waals surface area (Å²) in [7, 11) is 0. The second kappa shape index (κ2) is 7.07. The molecule has 0 aliphatic carbocycles. The molecular formula is C16H23Cl2N5. The van der Waals surface area contributed by atoms with Crippen LogP contribution in [0.15, 0.2) is 24.7 Å². The number of halogens is 2. The molecule has 4 rings (SSSR count). The van der Waals surface area contributed by atoms with Crippen LogP contribution in [-0.4, -0.2) is 32.0 Å². The number of fused-ring (bicyclic) bond motifs is 3. The minimum Gasteiger partial charge on any atom is -0.331 e. The summed E-state index contributed by atoms with van der Waals surface area (Å²) in [5, 5.41) is 3.53. The predicted octanol–water partition coefficient (Wildman–Crippen LogP) is 3.26. The van der Waals surface area contributed by atoms with Crippen LogP contribution in [0.1, 0.15) is 31.9 Å². The normalized spacial score (nSPS) is 20.6. The van der Waals surface area contributed by atoms with Crippen LogP contribution in [0.2, 0.25) is 0 Å². The zero-order chi connectivity index (χ0) is 14.4. The molecule has 0 unspecified atom stereocenters. The third-order valence-corrected chi connectivity index (χ3v) is 4.86. The van der Waals surface area contributed by atoms with E-state index in [1.54, 1.807) is 0 Å². The van der Waals surface area contributed by atoms with Crippen molar-refractivity contribution in [1.82, 2.24) is 24.3 Å². The van der Waals surface area contributed by atoms with Gasteiger partial charge in [-0.15, -0.1) is 24.8 Å². The molecule has 1 aliphatic heterocycles. The van der Waals surface area contributed by atoms with Gasteiger partial charge < -0.3 is 9.88 Å². The lowest BCUT2D eigenvalue weighted by molar-refractivity contribution is 0.493. The van der Waals surface area contributed by atoms with Crippen molar-refractivity contribution in [2.75, 3.05) is 13.1 Å². The number of rotatable bonds is 3. The van der Waals surface area contributed by atoms with Crippen molar-refractivity contribution in [2.45, 2.75) is 32.7 Å². The molecule has 2 atom stereocenters. The van der Waals surface area contributed by atoms with E-state index >= 15 is 0 Å². The molecule has 0 radical (unpaired) electrons. The zero-order valence-corrected chi connectivity index (χ0v) is 15.0. The van der Waals surface area contributed by atoms with Crippen LogP contribution in [0.25, 0.3) is 16.8 Å². The molecule has 0 amide bonds. The number of hydrogen-bond acceptors (Lipinski definition) is 3. The number of nitrogens with zero attached hydrogens (tertiary/aromatic N) is 4. The Labute approximate surface area is 148 Å². The third kappa shape index (κ3) is 2.71. The van der Waals surface area contributed by atoms with Gasteiger partial charge in [-0.3, -0.25) is 4.40 Å². The second-order valence-electron chi connectivity index (χ2n) is 5.88. The van der Waals surface area contributed by atoms with Crippen LogP contribution in [-0.2, 0) is 6.54 Å². The Hall–Kier alpha value is -1.30. The highest BCUT2D eigenvalue weighted by Crippen LogP contribution is 2.32. The molecule has 5 nitrogen and oxygen atoms in total. The van der Waals surface area contributed by atoms with E-state index in [2.05, 4.69) is 50.4 Å². The molecule has 3 aromatic rings. The van der Waals surface area contributed by atoms with E-state index < -0.39 is 0 Å². The quantitative estimate of drug-likeness (QED) is 0.784. The summed E-state index contributed by atoms with van der Waals surface area (Å²) in [5.74, 6) is 1.24. The van der Waals surface area contributed by atoms with Crippen LogP contribution in [0.5, 0.6) is 0 Å². The van der Waals surface area contributed by atoms with Crippen molar-refractivity contribution < 1.29 is 0 Å². The molecule has 0 saturated carbocycles. The summed E-state index contributed by atoms with van der Waals surface area (Å²) in [6, 6.07) is 2.16. The molecule has 4 heterocycles. The van der Waals surface area contributed by atoms with Crippen molar-refractivity contribution in [3.8, 4) is 0 Å². The molecule has 0 spiro atoms. The highest BCUT2D eigenvalue weighted by atomic mass is 35.5. The fourth-order valence-electron chi connectivity index (χ4n) is 3.64. The van der Waals surface area contributed by atoms with Crippen molar-refractivity contribution in [3.05, 3.63) is 30.4 Å².